The number of nitrogens with zero attached hydrogens (tertiary/aromatic N) is 4. The lowest BCUT2D eigenvalue weighted by molar-refractivity contribution is -0.141. The van der Waals surface area contributed by atoms with E-state index in [4.69, 9.17) is 4.74 Å². The van der Waals surface area contributed by atoms with Crippen molar-refractivity contribution in [1.82, 2.24) is 15.3 Å². The molecular weight excluding hydrogens is 363 g/mol. The molecular formula is C17H26F3N5O2. The molecule has 1 aliphatic heterocycles. The Kier molecular flexibility index (Phi) is 6.06. The Morgan fingerprint density at radius 3 is 2.30 bits per heavy atom. The van der Waals surface area contributed by atoms with Crippen molar-refractivity contribution in [3.63, 3.8) is 0 Å². The molecule has 0 saturated carbocycles. The van der Waals surface area contributed by atoms with Gasteiger partial charge in [0.05, 0.1) is 0 Å². The summed E-state index contributed by atoms with van der Waals surface area (Å²) in [5.74, 6) is 0.241. The largest absolute Gasteiger partial charge is 0.444 e. The summed E-state index contributed by atoms with van der Waals surface area (Å²) in [7, 11) is 3.26. The number of amides is 1. The molecule has 1 amide bonds. The van der Waals surface area contributed by atoms with Crippen molar-refractivity contribution in [3.05, 3.63) is 11.8 Å². The summed E-state index contributed by atoms with van der Waals surface area (Å²) >= 11 is 0. The predicted molar refractivity (Wildman–Crippen MR) is 96.0 cm³/mol. The predicted octanol–water partition coefficient (Wildman–Crippen LogP) is 3.05. The zero-order valence-electron chi connectivity index (χ0n) is 16.2. The topological polar surface area (TPSA) is 70.6 Å². The number of anilines is 2. The lowest BCUT2D eigenvalue weighted by atomic mass is 10.1. The van der Waals surface area contributed by atoms with Gasteiger partial charge in [-0.3, -0.25) is 0 Å². The Labute approximate surface area is 156 Å². The SMILES string of the molecule is CN(C)c1cc(C(F)(F)F)nc(N2CCC(NC(=O)OC(C)(C)C)CC2)n1. The van der Waals surface area contributed by atoms with Gasteiger partial charge in [-0.05, 0) is 33.6 Å². The van der Waals surface area contributed by atoms with E-state index in [0.717, 1.165) is 6.07 Å². The number of aromatic nitrogens is 2. The number of alkyl carbamates (subject to hydrolysis) is 1. The van der Waals surface area contributed by atoms with E-state index in [-0.39, 0.29) is 17.8 Å². The Hall–Kier alpha value is -2.26. The van der Waals surface area contributed by atoms with E-state index in [2.05, 4.69) is 15.3 Å². The van der Waals surface area contributed by atoms with Crippen molar-refractivity contribution in [2.24, 2.45) is 0 Å². The first-order valence-electron chi connectivity index (χ1n) is 8.73. The number of carbonyl (C=O) groups is 1. The van der Waals surface area contributed by atoms with Crippen LogP contribution in [0.25, 0.3) is 0 Å². The minimum atomic E-state index is -4.54. The number of piperidine rings is 1. The van der Waals surface area contributed by atoms with Gasteiger partial charge in [-0.1, -0.05) is 0 Å². The fourth-order valence-corrected chi connectivity index (χ4v) is 2.64. The third-order valence-electron chi connectivity index (χ3n) is 3.95. The fourth-order valence-electron chi connectivity index (χ4n) is 2.64. The van der Waals surface area contributed by atoms with Gasteiger partial charge in [0.1, 0.15) is 11.4 Å². The Morgan fingerprint density at radius 1 is 1.22 bits per heavy atom. The zero-order chi connectivity index (χ0) is 20.4. The molecule has 2 heterocycles. The van der Waals surface area contributed by atoms with Crippen LogP contribution in [0.4, 0.5) is 29.7 Å². The third-order valence-corrected chi connectivity index (χ3v) is 3.95. The van der Waals surface area contributed by atoms with Crippen LogP contribution in [0.2, 0.25) is 0 Å². The number of alkyl halides is 3. The van der Waals surface area contributed by atoms with E-state index in [1.54, 1.807) is 39.8 Å². The molecule has 27 heavy (non-hydrogen) atoms. The van der Waals surface area contributed by atoms with E-state index in [1.165, 1.54) is 4.90 Å². The summed E-state index contributed by atoms with van der Waals surface area (Å²) < 4.78 is 44.6. The van der Waals surface area contributed by atoms with Crippen LogP contribution in [0.1, 0.15) is 39.3 Å². The van der Waals surface area contributed by atoms with E-state index < -0.39 is 23.6 Å². The molecule has 152 valence electrons. The van der Waals surface area contributed by atoms with E-state index in [1.807, 2.05) is 0 Å². The first-order valence-corrected chi connectivity index (χ1v) is 8.73. The highest BCUT2D eigenvalue weighted by Gasteiger charge is 2.35. The standard InChI is InChI=1S/C17H26F3N5O2/c1-16(2,3)27-15(26)21-11-6-8-25(9-7-11)14-22-12(17(18,19)20)10-13(23-14)24(4)5/h10-11H,6-9H2,1-5H3,(H,21,26). The summed E-state index contributed by atoms with van der Waals surface area (Å²) in [6, 6.07) is 0.829. The highest BCUT2D eigenvalue weighted by molar-refractivity contribution is 5.68. The number of hydrogen-bond acceptors (Lipinski definition) is 6. The van der Waals surface area contributed by atoms with Crippen LogP contribution in [-0.4, -0.2) is 54.9 Å². The lowest BCUT2D eigenvalue weighted by Gasteiger charge is -2.33. The highest BCUT2D eigenvalue weighted by Crippen LogP contribution is 2.31. The molecule has 1 aromatic rings. The van der Waals surface area contributed by atoms with Crippen LogP contribution in [0.15, 0.2) is 6.07 Å². The summed E-state index contributed by atoms with van der Waals surface area (Å²) in [6.45, 7) is 6.22. The molecule has 0 aliphatic carbocycles. The molecule has 1 saturated heterocycles. The third kappa shape index (κ3) is 6.14. The average Bonchev–Trinajstić information content (AvgIpc) is 2.52. The number of hydrogen-bond donors (Lipinski definition) is 1. The summed E-state index contributed by atoms with van der Waals surface area (Å²) in [6.07, 6.45) is -3.91. The number of nitrogens with one attached hydrogen (secondary N) is 1. The first kappa shape index (κ1) is 21.0. The maximum absolute atomic E-state index is 13.1. The first-order chi connectivity index (χ1) is 12.3. The smallest absolute Gasteiger partial charge is 0.433 e. The molecule has 0 aromatic carbocycles. The van der Waals surface area contributed by atoms with Gasteiger partial charge in [0, 0.05) is 39.3 Å². The monoisotopic (exact) mass is 389 g/mol. The van der Waals surface area contributed by atoms with Crippen LogP contribution in [0, 0.1) is 0 Å². The van der Waals surface area contributed by atoms with E-state index in [9.17, 15) is 18.0 Å². The van der Waals surface area contributed by atoms with Crippen molar-refractivity contribution in [2.45, 2.75) is 51.4 Å². The normalized spacial score (nSPS) is 16.2. The molecule has 1 aromatic heterocycles. The van der Waals surface area contributed by atoms with Crippen molar-refractivity contribution in [3.8, 4) is 0 Å². The van der Waals surface area contributed by atoms with Crippen molar-refractivity contribution in [2.75, 3.05) is 37.0 Å². The zero-order valence-corrected chi connectivity index (χ0v) is 16.2. The highest BCUT2D eigenvalue weighted by atomic mass is 19.4. The van der Waals surface area contributed by atoms with Crippen LogP contribution < -0.4 is 15.1 Å². The minimum absolute atomic E-state index is 0.0456. The Balaban J connectivity index is 2.05. The van der Waals surface area contributed by atoms with Gasteiger partial charge in [-0.25, -0.2) is 9.78 Å². The molecule has 10 heteroatoms. The average molecular weight is 389 g/mol. The summed E-state index contributed by atoms with van der Waals surface area (Å²) in [4.78, 5) is 23.0. The molecule has 0 unspecified atom stereocenters. The van der Waals surface area contributed by atoms with Gasteiger partial charge in [-0.2, -0.15) is 18.2 Å². The second kappa shape index (κ2) is 7.77. The summed E-state index contributed by atoms with van der Waals surface area (Å²) in [5, 5.41) is 2.80. The van der Waals surface area contributed by atoms with Crippen molar-refractivity contribution < 1.29 is 22.7 Å². The lowest BCUT2D eigenvalue weighted by Crippen LogP contribution is -2.46. The number of carbonyl (C=O) groups excluding carboxylic acids is 1. The molecule has 1 aliphatic rings. The van der Waals surface area contributed by atoms with Crippen LogP contribution in [-0.2, 0) is 10.9 Å². The van der Waals surface area contributed by atoms with Crippen LogP contribution in [0.5, 0.6) is 0 Å². The number of halogens is 3. The Bertz CT molecular complexity index is 666. The van der Waals surface area contributed by atoms with E-state index >= 15 is 0 Å². The van der Waals surface area contributed by atoms with Crippen molar-refractivity contribution >= 4 is 17.9 Å². The maximum atomic E-state index is 13.1. The van der Waals surface area contributed by atoms with Crippen molar-refractivity contribution in [1.29, 1.82) is 0 Å². The van der Waals surface area contributed by atoms with Crippen LogP contribution in [0.3, 0.4) is 0 Å². The summed E-state index contributed by atoms with van der Waals surface area (Å²) in [5.41, 5.74) is -1.55. The van der Waals surface area contributed by atoms with Gasteiger partial charge < -0.3 is 19.9 Å². The maximum Gasteiger partial charge on any atom is 0.433 e. The molecule has 1 N–H and O–H groups in total. The quantitative estimate of drug-likeness (QED) is 0.857. The van der Waals surface area contributed by atoms with E-state index in [0.29, 0.717) is 25.9 Å². The van der Waals surface area contributed by atoms with Gasteiger partial charge in [0.2, 0.25) is 5.95 Å². The molecule has 0 spiro atoms. The van der Waals surface area contributed by atoms with Gasteiger partial charge >= 0.3 is 12.3 Å². The van der Waals surface area contributed by atoms with Gasteiger partial charge in [0.25, 0.3) is 0 Å². The molecule has 1 fully saturated rings. The second-order valence-electron chi connectivity index (χ2n) is 7.71. The molecule has 7 nitrogen and oxygen atoms in total. The Morgan fingerprint density at radius 2 is 1.81 bits per heavy atom. The molecule has 0 atom stereocenters. The molecule has 2 rings (SSSR count). The fraction of sp³-hybridized carbons (Fsp3) is 0.706. The second-order valence-corrected chi connectivity index (χ2v) is 7.71. The van der Waals surface area contributed by atoms with Crippen LogP contribution >= 0.6 is 0 Å². The molecule has 0 radical (unpaired) electrons. The molecule has 0 bridgehead atoms. The number of rotatable bonds is 3. The van der Waals surface area contributed by atoms with Gasteiger partial charge in [-0.15, -0.1) is 0 Å². The number of ether oxygens (including phenoxy) is 1. The van der Waals surface area contributed by atoms with Gasteiger partial charge in [0.15, 0.2) is 5.69 Å². The minimum Gasteiger partial charge on any atom is -0.444 e.